The summed E-state index contributed by atoms with van der Waals surface area (Å²) in [4.78, 5) is 15.8. The van der Waals surface area contributed by atoms with Crippen molar-refractivity contribution in [1.29, 1.82) is 0 Å². The van der Waals surface area contributed by atoms with E-state index in [2.05, 4.69) is 35.2 Å². The van der Waals surface area contributed by atoms with Crippen LogP contribution in [-0.2, 0) is 12.8 Å². The number of rotatable bonds is 4. The van der Waals surface area contributed by atoms with Gasteiger partial charge in [-0.25, -0.2) is 0 Å². The number of benzene rings is 2. The van der Waals surface area contributed by atoms with E-state index in [1.165, 1.54) is 54.3 Å². The first-order valence-electron chi connectivity index (χ1n) is 9.59. The van der Waals surface area contributed by atoms with E-state index in [1.54, 1.807) is 0 Å². The SMILES string of the molecule is O=C(c1ccc2c3c(cccc13)CC2)C1CCCN(CC2CC2)C1. The van der Waals surface area contributed by atoms with Crippen molar-refractivity contribution >= 4 is 16.6 Å². The quantitative estimate of drug-likeness (QED) is 0.786. The van der Waals surface area contributed by atoms with E-state index in [1.807, 2.05) is 0 Å². The lowest BCUT2D eigenvalue weighted by Crippen LogP contribution is -2.39. The summed E-state index contributed by atoms with van der Waals surface area (Å²) >= 11 is 0. The summed E-state index contributed by atoms with van der Waals surface area (Å²) in [5, 5.41) is 2.57. The van der Waals surface area contributed by atoms with Gasteiger partial charge in [-0.05, 0) is 72.9 Å². The molecule has 0 spiro atoms. The van der Waals surface area contributed by atoms with Crippen molar-refractivity contribution in [3.63, 3.8) is 0 Å². The second-order valence-electron chi connectivity index (χ2n) is 8.02. The monoisotopic (exact) mass is 319 g/mol. The summed E-state index contributed by atoms with van der Waals surface area (Å²) in [6, 6.07) is 10.8. The largest absolute Gasteiger partial charge is 0.302 e. The maximum Gasteiger partial charge on any atom is 0.167 e. The Hall–Kier alpha value is -1.67. The third-order valence-corrected chi connectivity index (χ3v) is 6.23. The van der Waals surface area contributed by atoms with Gasteiger partial charge < -0.3 is 4.90 Å². The molecule has 2 heteroatoms. The Morgan fingerprint density at radius 1 is 1.04 bits per heavy atom. The van der Waals surface area contributed by atoms with Crippen molar-refractivity contribution in [2.45, 2.75) is 38.5 Å². The molecule has 0 N–H and O–H groups in total. The van der Waals surface area contributed by atoms with Gasteiger partial charge in [-0.15, -0.1) is 0 Å². The highest BCUT2D eigenvalue weighted by Gasteiger charge is 2.31. The zero-order valence-corrected chi connectivity index (χ0v) is 14.3. The molecule has 0 radical (unpaired) electrons. The minimum atomic E-state index is 0.191. The van der Waals surface area contributed by atoms with Crippen molar-refractivity contribution in [1.82, 2.24) is 4.90 Å². The second kappa shape index (κ2) is 5.70. The number of carbonyl (C=O) groups is 1. The van der Waals surface area contributed by atoms with Gasteiger partial charge in [0, 0.05) is 24.6 Å². The Labute approximate surface area is 143 Å². The van der Waals surface area contributed by atoms with Crippen molar-refractivity contribution < 1.29 is 4.79 Å². The van der Waals surface area contributed by atoms with Gasteiger partial charge >= 0.3 is 0 Å². The van der Waals surface area contributed by atoms with Gasteiger partial charge in [0.05, 0.1) is 0 Å². The number of aryl methyl sites for hydroxylation is 2. The van der Waals surface area contributed by atoms with Crippen molar-refractivity contribution in [3.8, 4) is 0 Å². The van der Waals surface area contributed by atoms with Gasteiger partial charge in [0.2, 0.25) is 0 Å². The summed E-state index contributed by atoms with van der Waals surface area (Å²) < 4.78 is 0. The number of Topliss-reactive ketones (excluding diaryl/α,β-unsaturated/α-hetero) is 1. The van der Waals surface area contributed by atoms with Gasteiger partial charge in [0.15, 0.2) is 5.78 Å². The number of carbonyl (C=O) groups excluding carboxylic acids is 1. The van der Waals surface area contributed by atoms with Gasteiger partial charge in [0.1, 0.15) is 0 Å². The minimum absolute atomic E-state index is 0.191. The fourth-order valence-electron chi connectivity index (χ4n) is 4.78. The molecule has 24 heavy (non-hydrogen) atoms. The average molecular weight is 319 g/mol. The van der Waals surface area contributed by atoms with E-state index >= 15 is 0 Å². The smallest absolute Gasteiger partial charge is 0.167 e. The number of piperidine rings is 1. The molecular weight excluding hydrogens is 294 g/mol. The highest BCUT2D eigenvalue weighted by Crippen LogP contribution is 2.35. The van der Waals surface area contributed by atoms with Crippen LogP contribution in [0.2, 0.25) is 0 Å². The molecule has 1 unspecified atom stereocenters. The predicted molar refractivity (Wildman–Crippen MR) is 97.6 cm³/mol. The number of likely N-dealkylation sites (tertiary alicyclic amines) is 1. The molecule has 1 atom stereocenters. The summed E-state index contributed by atoms with van der Waals surface area (Å²) in [5.41, 5.74) is 3.82. The zero-order valence-electron chi connectivity index (χ0n) is 14.3. The van der Waals surface area contributed by atoms with Crippen molar-refractivity contribution in [2.24, 2.45) is 11.8 Å². The second-order valence-corrected chi connectivity index (χ2v) is 8.02. The van der Waals surface area contributed by atoms with Crippen LogP contribution in [0, 0.1) is 11.8 Å². The summed E-state index contributed by atoms with van der Waals surface area (Å²) in [6.45, 7) is 3.37. The summed E-state index contributed by atoms with van der Waals surface area (Å²) in [7, 11) is 0. The third-order valence-electron chi connectivity index (χ3n) is 6.23. The van der Waals surface area contributed by atoms with E-state index in [9.17, 15) is 4.79 Å². The Morgan fingerprint density at radius 2 is 1.88 bits per heavy atom. The lowest BCUT2D eigenvalue weighted by Gasteiger charge is -2.32. The zero-order chi connectivity index (χ0) is 16.1. The molecule has 1 heterocycles. The molecule has 2 aliphatic carbocycles. The van der Waals surface area contributed by atoms with Crippen LogP contribution in [0.5, 0.6) is 0 Å². The van der Waals surface area contributed by atoms with Crippen LogP contribution in [0.3, 0.4) is 0 Å². The van der Waals surface area contributed by atoms with Gasteiger partial charge in [-0.2, -0.15) is 0 Å². The molecule has 124 valence electrons. The average Bonchev–Trinajstić information content (AvgIpc) is 3.33. The number of nitrogens with zero attached hydrogens (tertiary/aromatic N) is 1. The van der Waals surface area contributed by atoms with Gasteiger partial charge in [-0.1, -0.05) is 30.3 Å². The van der Waals surface area contributed by atoms with Crippen LogP contribution in [0.25, 0.3) is 10.8 Å². The topological polar surface area (TPSA) is 20.3 Å². The first-order valence-corrected chi connectivity index (χ1v) is 9.59. The molecule has 1 saturated heterocycles. The van der Waals surface area contributed by atoms with Crippen molar-refractivity contribution in [3.05, 3.63) is 47.0 Å². The predicted octanol–water partition coefficient (Wildman–Crippen LogP) is 4.24. The lowest BCUT2D eigenvalue weighted by atomic mass is 9.87. The van der Waals surface area contributed by atoms with Crippen LogP contribution >= 0.6 is 0 Å². The van der Waals surface area contributed by atoms with Crippen LogP contribution in [0.4, 0.5) is 0 Å². The molecule has 2 fully saturated rings. The van der Waals surface area contributed by atoms with Crippen LogP contribution in [-0.4, -0.2) is 30.3 Å². The Kier molecular flexibility index (Phi) is 3.48. The van der Waals surface area contributed by atoms with Crippen molar-refractivity contribution in [2.75, 3.05) is 19.6 Å². The molecule has 1 saturated carbocycles. The van der Waals surface area contributed by atoms with E-state index in [-0.39, 0.29) is 5.92 Å². The third kappa shape index (κ3) is 2.48. The molecule has 3 aliphatic rings. The maximum absolute atomic E-state index is 13.3. The summed E-state index contributed by atoms with van der Waals surface area (Å²) in [5.74, 6) is 1.48. The molecule has 0 bridgehead atoms. The normalized spacial score (nSPS) is 23.8. The first-order chi connectivity index (χ1) is 11.8. The van der Waals surface area contributed by atoms with Crippen LogP contribution < -0.4 is 0 Å². The fourth-order valence-corrected chi connectivity index (χ4v) is 4.78. The molecular formula is C22H25NO. The maximum atomic E-state index is 13.3. The Bertz CT molecular complexity index is 795. The van der Waals surface area contributed by atoms with E-state index < -0.39 is 0 Å². The first kappa shape index (κ1) is 14.7. The fraction of sp³-hybridized carbons (Fsp3) is 0.500. The highest BCUT2D eigenvalue weighted by atomic mass is 16.1. The minimum Gasteiger partial charge on any atom is -0.302 e. The Morgan fingerprint density at radius 3 is 2.71 bits per heavy atom. The van der Waals surface area contributed by atoms with E-state index in [4.69, 9.17) is 0 Å². The molecule has 2 nitrogen and oxygen atoms in total. The number of hydrogen-bond donors (Lipinski definition) is 0. The standard InChI is InChI=1S/C22H25NO/c24-22(18-4-2-12-23(14-18)13-15-6-7-15)20-11-10-17-9-8-16-3-1-5-19(20)21(16)17/h1,3,5,10-11,15,18H,2,4,6-9,12-14H2. The molecule has 5 rings (SSSR count). The summed E-state index contributed by atoms with van der Waals surface area (Å²) in [6.07, 6.45) is 7.27. The Balaban J connectivity index is 1.45. The van der Waals surface area contributed by atoms with Gasteiger partial charge in [0.25, 0.3) is 0 Å². The van der Waals surface area contributed by atoms with Crippen LogP contribution in [0.1, 0.15) is 47.2 Å². The van der Waals surface area contributed by atoms with E-state index in [0.29, 0.717) is 5.78 Å². The highest BCUT2D eigenvalue weighted by molar-refractivity contribution is 6.11. The number of ketones is 1. The molecule has 0 amide bonds. The van der Waals surface area contributed by atoms with Gasteiger partial charge in [-0.3, -0.25) is 4.79 Å². The molecule has 1 aliphatic heterocycles. The lowest BCUT2D eigenvalue weighted by molar-refractivity contribution is 0.0816. The molecule has 2 aromatic rings. The molecule has 0 aromatic heterocycles. The van der Waals surface area contributed by atoms with E-state index in [0.717, 1.165) is 37.3 Å². The van der Waals surface area contributed by atoms with Crippen LogP contribution in [0.15, 0.2) is 30.3 Å². The molecule has 2 aromatic carbocycles. The number of hydrogen-bond acceptors (Lipinski definition) is 2.